The summed E-state index contributed by atoms with van der Waals surface area (Å²) in [6.45, 7) is 4.81. The topological polar surface area (TPSA) is 94.7 Å². The number of ether oxygens (including phenoxy) is 1. The Morgan fingerprint density at radius 1 is 1.63 bits per heavy atom. The first-order valence-electron chi connectivity index (χ1n) is 6.20. The number of hydrogen-bond acceptors (Lipinski definition) is 6. The van der Waals surface area contributed by atoms with Gasteiger partial charge in [-0.25, -0.2) is 0 Å². The fourth-order valence-corrected chi connectivity index (χ4v) is 1.74. The van der Waals surface area contributed by atoms with Gasteiger partial charge in [-0.15, -0.1) is 0 Å². The molecule has 0 amide bonds. The van der Waals surface area contributed by atoms with E-state index >= 15 is 0 Å². The van der Waals surface area contributed by atoms with E-state index in [1.807, 2.05) is 0 Å². The summed E-state index contributed by atoms with van der Waals surface area (Å²) in [6.07, 6.45) is 3.09. The predicted octanol–water partition coefficient (Wildman–Crippen LogP) is 3.22. The number of hydrogen-bond donors (Lipinski definition) is 2. The van der Waals surface area contributed by atoms with Crippen molar-refractivity contribution < 1.29 is 9.94 Å². The lowest BCUT2D eigenvalue weighted by atomic mass is 10.0. The minimum absolute atomic E-state index is 0.126. The van der Waals surface area contributed by atoms with Gasteiger partial charge in [0.15, 0.2) is 5.82 Å². The first-order chi connectivity index (χ1) is 8.95. The molecule has 1 atom stereocenters. The number of rotatable bonds is 7. The second-order valence-corrected chi connectivity index (χ2v) is 4.86. The monoisotopic (exact) mass is 288 g/mol. The highest BCUT2D eigenvalue weighted by atomic mass is 35.5. The van der Waals surface area contributed by atoms with E-state index in [9.17, 15) is 5.21 Å². The summed E-state index contributed by atoms with van der Waals surface area (Å²) in [5, 5.41) is 19.3. The summed E-state index contributed by atoms with van der Waals surface area (Å²) in [5.74, 6) is 0.704. The molecule has 19 heavy (non-hydrogen) atoms. The zero-order valence-electron chi connectivity index (χ0n) is 11.1. The van der Waals surface area contributed by atoms with Crippen LogP contribution in [-0.4, -0.2) is 16.8 Å². The lowest BCUT2D eigenvalue weighted by Crippen LogP contribution is -2.12. The molecule has 0 saturated heterocycles. The van der Waals surface area contributed by atoms with Gasteiger partial charge in [0.2, 0.25) is 5.88 Å². The van der Waals surface area contributed by atoms with Crippen LogP contribution < -0.4 is 15.7 Å². The van der Waals surface area contributed by atoms with Crippen molar-refractivity contribution in [2.75, 3.05) is 17.6 Å². The molecule has 0 bridgehead atoms. The molecule has 0 aromatic carbocycles. The molecular formula is C12H19ClN3O3-. The molecule has 0 aliphatic heterocycles. The standard InChI is InChI=1S/C12H19ClN3O3/c1-3-8(2)5-4-6-19-12-9(13)7-10(16(17)18)11(14)15-12/h7-8,17H,3-6H2,1-2H3,(H2,14,15)/q-1. The molecule has 0 aliphatic rings. The Kier molecular flexibility index (Phi) is 6.14. The maximum Gasteiger partial charge on any atom is 0.234 e. The first-order valence-corrected chi connectivity index (χ1v) is 6.58. The van der Waals surface area contributed by atoms with Gasteiger partial charge in [0.1, 0.15) is 5.02 Å². The highest BCUT2D eigenvalue weighted by molar-refractivity contribution is 6.32. The number of nitrogens with zero attached hydrogens (tertiary/aromatic N) is 2. The average Bonchev–Trinajstić information content (AvgIpc) is 2.37. The van der Waals surface area contributed by atoms with Crippen LogP contribution in [0.15, 0.2) is 6.07 Å². The van der Waals surface area contributed by atoms with Gasteiger partial charge in [-0.1, -0.05) is 31.9 Å². The van der Waals surface area contributed by atoms with Crippen molar-refractivity contribution in [1.29, 1.82) is 0 Å². The Bertz CT molecular complexity index is 415. The Morgan fingerprint density at radius 2 is 2.32 bits per heavy atom. The number of aromatic nitrogens is 1. The Morgan fingerprint density at radius 3 is 2.89 bits per heavy atom. The highest BCUT2D eigenvalue weighted by Gasteiger charge is 2.10. The lowest BCUT2D eigenvalue weighted by molar-refractivity contribution is 0.282. The van der Waals surface area contributed by atoms with E-state index in [1.165, 1.54) is 6.07 Å². The second-order valence-electron chi connectivity index (χ2n) is 4.46. The van der Waals surface area contributed by atoms with Crippen LogP contribution in [0.2, 0.25) is 5.02 Å². The SMILES string of the molecule is CCC(C)CCCOc1nc(N)c(N([O-])O)cc1Cl. The third-order valence-corrected chi connectivity index (χ3v) is 3.21. The number of nitrogen functional groups attached to an aromatic ring is 1. The minimum Gasteiger partial charge on any atom is -0.733 e. The minimum atomic E-state index is -0.374. The Hall–Kier alpha value is -1.24. The van der Waals surface area contributed by atoms with Gasteiger partial charge in [0.05, 0.1) is 12.3 Å². The predicted molar refractivity (Wildman–Crippen MR) is 75.5 cm³/mol. The van der Waals surface area contributed by atoms with E-state index in [-0.39, 0.29) is 27.6 Å². The van der Waals surface area contributed by atoms with E-state index in [1.54, 1.807) is 0 Å². The number of nitrogens with two attached hydrogens (primary N) is 1. The Balaban J connectivity index is 2.57. The lowest BCUT2D eigenvalue weighted by Gasteiger charge is -2.23. The number of pyridine rings is 1. The van der Waals surface area contributed by atoms with Crippen molar-refractivity contribution in [1.82, 2.24) is 4.98 Å². The molecule has 0 aliphatic carbocycles. The van der Waals surface area contributed by atoms with E-state index < -0.39 is 0 Å². The van der Waals surface area contributed by atoms with Gasteiger partial charge < -0.3 is 20.9 Å². The average molecular weight is 289 g/mol. The maximum absolute atomic E-state index is 10.8. The quantitative estimate of drug-likeness (QED) is 0.591. The van der Waals surface area contributed by atoms with Crippen LogP contribution in [0.5, 0.6) is 5.88 Å². The molecule has 1 unspecified atom stereocenters. The molecule has 0 radical (unpaired) electrons. The van der Waals surface area contributed by atoms with Crippen LogP contribution >= 0.6 is 11.6 Å². The summed E-state index contributed by atoms with van der Waals surface area (Å²) >= 11 is 5.89. The van der Waals surface area contributed by atoms with Crippen molar-refractivity contribution in [2.45, 2.75) is 33.1 Å². The molecule has 7 heteroatoms. The van der Waals surface area contributed by atoms with Crippen LogP contribution in [0, 0.1) is 11.1 Å². The smallest absolute Gasteiger partial charge is 0.234 e. The zero-order chi connectivity index (χ0) is 14.4. The molecular weight excluding hydrogens is 270 g/mol. The van der Waals surface area contributed by atoms with Crippen LogP contribution in [0.25, 0.3) is 0 Å². The molecule has 108 valence electrons. The van der Waals surface area contributed by atoms with E-state index in [0.29, 0.717) is 12.5 Å². The summed E-state index contributed by atoms with van der Waals surface area (Å²) in [4.78, 5) is 3.85. The summed E-state index contributed by atoms with van der Waals surface area (Å²) < 4.78 is 5.42. The first kappa shape index (κ1) is 15.8. The molecule has 1 heterocycles. The van der Waals surface area contributed by atoms with Crippen molar-refractivity contribution in [3.05, 3.63) is 16.3 Å². The van der Waals surface area contributed by atoms with Crippen molar-refractivity contribution in [3.8, 4) is 5.88 Å². The maximum atomic E-state index is 10.8. The Labute approximate surface area is 117 Å². The van der Waals surface area contributed by atoms with E-state index in [4.69, 9.17) is 27.3 Å². The van der Waals surface area contributed by atoms with Crippen LogP contribution in [0.4, 0.5) is 11.5 Å². The number of anilines is 2. The third kappa shape index (κ3) is 4.74. The third-order valence-electron chi connectivity index (χ3n) is 2.94. The van der Waals surface area contributed by atoms with Crippen LogP contribution in [0.1, 0.15) is 33.1 Å². The van der Waals surface area contributed by atoms with Crippen LogP contribution in [-0.2, 0) is 0 Å². The van der Waals surface area contributed by atoms with Gasteiger partial charge in [0.25, 0.3) is 0 Å². The highest BCUT2D eigenvalue weighted by Crippen LogP contribution is 2.31. The van der Waals surface area contributed by atoms with E-state index in [0.717, 1.165) is 19.3 Å². The normalized spacial score (nSPS) is 12.3. The van der Waals surface area contributed by atoms with E-state index in [2.05, 4.69) is 18.8 Å². The zero-order valence-corrected chi connectivity index (χ0v) is 11.9. The van der Waals surface area contributed by atoms with Crippen molar-refractivity contribution in [3.63, 3.8) is 0 Å². The van der Waals surface area contributed by atoms with Gasteiger partial charge >= 0.3 is 0 Å². The van der Waals surface area contributed by atoms with Gasteiger partial charge in [-0.2, -0.15) is 4.98 Å². The van der Waals surface area contributed by atoms with Gasteiger partial charge in [-0.05, 0) is 24.8 Å². The molecule has 1 rings (SSSR count). The summed E-state index contributed by atoms with van der Waals surface area (Å²) in [7, 11) is 0. The van der Waals surface area contributed by atoms with Crippen molar-refractivity contribution in [2.24, 2.45) is 5.92 Å². The largest absolute Gasteiger partial charge is 0.733 e. The molecule has 0 saturated carbocycles. The fraction of sp³-hybridized carbons (Fsp3) is 0.583. The second kappa shape index (κ2) is 7.37. The summed E-state index contributed by atoms with van der Waals surface area (Å²) in [6, 6.07) is 1.22. The molecule has 6 nitrogen and oxygen atoms in total. The molecule has 1 aromatic rings. The molecule has 3 N–H and O–H groups in total. The van der Waals surface area contributed by atoms with Crippen molar-refractivity contribution >= 4 is 23.1 Å². The molecule has 0 spiro atoms. The number of halogens is 1. The molecule has 0 fully saturated rings. The fourth-order valence-electron chi connectivity index (χ4n) is 1.53. The summed E-state index contributed by atoms with van der Waals surface area (Å²) in [5.41, 5.74) is 5.32. The van der Waals surface area contributed by atoms with Gasteiger partial charge in [-0.3, -0.25) is 5.21 Å². The van der Waals surface area contributed by atoms with Crippen LogP contribution in [0.3, 0.4) is 0 Å². The molecule has 1 aromatic heterocycles. The van der Waals surface area contributed by atoms with Gasteiger partial charge in [0, 0.05) is 0 Å².